The van der Waals surface area contributed by atoms with Crippen LogP contribution in [0.4, 0.5) is 24.7 Å². The molecule has 0 bridgehead atoms. The molecular weight excluding hydrogens is 445 g/mol. The van der Waals surface area contributed by atoms with Crippen LogP contribution >= 0.6 is 11.6 Å². The number of carbonyl (C=O) groups excluding carboxylic acids is 1. The van der Waals surface area contributed by atoms with Crippen molar-refractivity contribution in [2.45, 2.75) is 24.7 Å². The summed E-state index contributed by atoms with van der Waals surface area (Å²) in [5.74, 6) is -0.445. The van der Waals surface area contributed by atoms with Gasteiger partial charge in [-0.1, -0.05) is 48.0 Å². The Morgan fingerprint density at radius 1 is 1.16 bits per heavy atom. The van der Waals surface area contributed by atoms with E-state index in [9.17, 15) is 18.0 Å². The predicted octanol–water partition coefficient (Wildman–Crippen LogP) is 6.20. The van der Waals surface area contributed by atoms with Crippen LogP contribution in [0.1, 0.15) is 34.8 Å². The van der Waals surface area contributed by atoms with Crippen LogP contribution in [0.2, 0.25) is 5.02 Å². The highest BCUT2D eigenvalue weighted by Crippen LogP contribution is 2.46. The van der Waals surface area contributed by atoms with E-state index in [4.69, 9.17) is 16.0 Å². The Hall–Kier alpha value is -3.46. The monoisotopic (exact) mass is 460 g/mol. The number of rotatable bonds is 3. The van der Waals surface area contributed by atoms with E-state index in [1.54, 1.807) is 24.3 Å². The van der Waals surface area contributed by atoms with Gasteiger partial charge in [0.05, 0.1) is 12.3 Å². The van der Waals surface area contributed by atoms with Crippen molar-refractivity contribution in [2.75, 3.05) is 10.6 Å². The first-order chi connectivity index (χ1) is 15.3. The first-order valence-corrected chi connectivity index (χ1v) is 10.1. The molecule has 0 aliphatic carbocycles. The Balaban J connectivity index is 1.52. The van der Waals surface area contributed by atoms with Gasteiger partial charge in [-0.15, -0.1) is 0 Å². The van der Waals surface area contributed by atoms with Gasteiger partial charge < -0.3 is 15.1 Å². The number of fused-ring (bicyclic) bond motifs is 2. The van der Waals surface area contributed by atoms with E-state index in [0.717, 1.165) is 15.5 Å². The van der Waals surface area contributed by atoms with Crippen LogP contribution in [0, 0.1) is 0 Å². The Kier molecular flexibility index (Phi) is 4.85. The van der Waals surface area contributed by atoms with Crippen LogP contribution in [-0.4, -0.2) is 21.9 Å². The maximum Gasteiger partial charge on any atom is 0.410 e. The number of nitrogens with zero attached hydrogens (tertiary/aromatic N) is 2. The van der Waals surface area contributed by atoms with Crippen molar-refractivity contribution in [2.24, 2.45) is 0 Å². The third-order valence-electron chi connectivity index (χ3n) is 5.44. The highest BCUT2D eigenvalue weighted by Gasteiger charge is 2.48. The second-order valence-corrected chi connectivity index (χ2v) is 7.82. The molecule has 0 saturated carbocycles. The minimum atomic E-state index is -4.60. The number of halogens is 4. The van der Waals surface area contributed by atoms with Gasteiger partial charge in [0.2, 0.25) is 0 Å². The molecule has 0 unspecified atom stereocenters. The highest BCUT2D eigenvalue weighted by atomic mass is 35.5. The van der Waals surface area contributed by atoms with Gasteiger partial charge in [-0.05, 0) is 23.6 Å². The van der Waals surface area contributed by atoms with Crippen molar-refractivity contribution in [1.82, 2.24) is 9.78 Å². The minimum Gasteiger partial charge on any atom is -0.467 e. The molecule has 0 saturated heterocycles. The molecule has 32 heavy (non-hydrogen) atoms. The number of benzene rings is 2. The smallest absolute Gasteiger partial charge is 0.410 e. The zero-order chi connectivity index (χ0) is 22.5. The Labute approximate surface area is 185 Å². The Morgan fingerprint density at radius 2 is 1.94 bits per heavy atom. The summed E-state index contributed by atoms with van der Waals surface area (Å²) in [6.45, 7) is 0. The number of alkyl halides is 3. The quantitative estimate of drug-likeness (QED) is 0.382. The molecule has 164 valence electrons. The van der Waals surface area contributed by atoms with E-state index in [0.29, 0.717) is 11.4 Å². The zero-order valence-electron chi connectivity index (χ0n) is 16.4. The number of hydrogen-bond donors (Lipinski definition) is 2. The van der Waals surface area contributed by atoms with Crippen molar-refractivity contribution >= 4 is 39.8 Å². The zero-order valence-corrected chi connectivity index (χ0v) is 17.1. The topological polar surface area (TPSA) is 72.1 Å². The molecule has 0 radical (unpaired) electrons. The van der Waals surface area contributed by atoms with Gasteiger partial charge in [0, 0.05) is 17.5 Å². The molecule has 4 aromatic rings. The summed E-state index contributed by atoms with van der Waals surface area (Å²) in [4.78, 5) is 13.0. The summed E-state index contributed by atoms with van der Waals surface area (Å²) in [7, 11) is 0. The standard InChI is InChI=1S/C22H16ClF3N4O2/c23-18-19(21(31)28-14-8-3-6-12-5-1-2-7-13(12)14)29-30-17(22(24,25)26)11-15(27-20(18)30)16-9-4-10-32-16/h1-10,15,17,27H,11H2,(H,28,31)/t15-,17+/m1/s1. The van der Waals surface area contributed by atoms with E-state index < -0.39 is 24.2 Å². The molecule has 2 atom stereocenters. The number of furan rings is 1. The summed E-state index contributed by atoms with van der Waals surface area (Å²) in [6.07, 6.45) is -3.57. The van der Waals surface area contributed by atoms with Crippen molar-refractivity contribution in [1.29, 1.82) is 0 Å². The van der Waals surface area contributed by atoms with Crippen LogP contribution < -0.4 is 10.6 Å². The molecule has 0 fully saturated rings. The lowest BCUT2D eigenvalue weighted by molar-refractivity contribution is -0.174. The molecule has 6 nitrogen and oxygen atoms in total. The summed E-state index contributed by atoms with van der Waals surface area (Å²) in [6, 6.07) is 13.2. The summed E-state index contributed by atoms with van der Waals surface area (Å²) in [5.41, 5.74) is 0.209. The van der Waals surface area contributed by atoms with Crippen LogP contribution in [0.15, 0.2) is 65.3 Å². The maximum absolute atomic E-state index is 13.8. The largest absolute Gasteiger partial charge is 0.467 e. The van der Waals surface area contributed by atoms with Crippen molar-refractivity contribution in [3.05, 3.63) is 77.3 Å². The third kappa shape index (κ3) is 3.48. The molecule has 2 N–H and O–H groups in total. The first-order valence-electron chi connectivity index (χ1n) is 9.76. The first kappa shape index (κ1) is 20.4. The predicted molar refractivity (Wildman–Crippen MR) is 114 cm³/mol. The van der Waals surface area contributed by atoms with E-state index in [2.05, 4.69) is 15.7 Å². The van der Waals surface area contributed by atoms with Crippen molar-refractivity contribution < 1.29 is 22.4 Å². The second kappa shape index (κ2) is 7.59. The summed E-state index contributed by atoms with van der Waals surface area (Å²) < 4.78 is 47.5. The molecule has 10 heteroatoms. The molecular formula is C22H16ClF3N4O2. The van der Waals surface area contributed by atoms with Crippen LogP contribution in [-0.2, 0) is 0 Å². The molecule has 1 aliphatic heterocycles. The van der Waals surface area contributed by atoms with Crippen molar-refractivity contribution in [3.8, 4) is 0 Å². The molecule has 0 spiro atoms. The third-order valence-corrected chi connectivity index (χ3v) is 5.79. The molecule has 3 heterocycles. The highest BCUT2D eigenvalue weighted by molar-refractivity contribution is 6.36. The Bertz CT molecular complexity index is 1300. The lowest BCUT2D eigenvalue weighted by Gasteiger charge is -2.32. The second-order valence-electron chi connectivity index (χ2n) is 7.44. The molecule has 2 aromatic heterocycles. The van der Waals surface area contributed by atoms with Gasteiger partial charge in [0.1, 0.15) is 16.6 Å². The maximum atomic E-state index is 13.8. The van der Waals surface area contributed by atoms with E-state index >= 15 is 0 Å². The normalized spacial score (nSPS) is 18.2. The number of anilines is 2. The van der Waals surface area contributed by atoms with Gasteiger partial charge in [-0.3, -0.25) is 4.79 Å². The van der Waals surface area contributed by atoms with Crippen molar-refractivity contribution in [3.63, 3.8) is 0 Å². The van der Waals surface area contributed by atoms with Gasteiger partial charge in [-0.25, -0.2) is 4.68 Å². The number of amides is 1. The van der Waals surface area contributed by atoms with Crippen LogP contribution in [0.5, 0.6) is 0 Å². The van der Waals surface area contributed by atoms with Gasteiger partial charge >= 0.3 is 6.18 Å². The fraction of sp³-hybridized carbons (Fsp3) is 0.182. The lowest BCUT2D eigenvalue weighted by atomic mass is 10.0. The lowest BCUT2D eigenvalue weighted by Crippen LogP contribution is -2.35. The molecule has 1 aliphatic rings. The van der Waals surface area contributed by atoms with Gasteiger partial charge in [0.15, 0.2) is 11.7 Å². The average Bonchev–Trinajstić information content (AvgIpc) is 3.41. The molecule has 2 aromatic carbocycles. The summed E-state index contributed by atoms with van der Waals surface area (Å²) in [5, 5.41) is 11.1. The number of hydrogen-bond acceptors (Lipinski definition) is 4. The summed E-state index contributed by atoms with van der Waals surface area (Å²) >= 11 is 6.36. The van der Waals surface area contributed by atoms with E-state index in [1.807, 2.05) is 30.3 Å². The molecule has 5 rings (SSSR count). The van der Waals surface area contributed by atoms with Gasteiger partial charge in [0.25, 0.3) is 5.91 Å². The van der Waals surface area contributed by atoms with E-state index in [-0.39, 0.29) is 23.0 Å². The average molecular weight is 461 g/mol. The van der Waals surface area contributed by atoms with Crippen LogP contribution in [0.3, 0.4) is 0 Å². The Morgan fingerprint density at radius 3 is 2.69 bits per heavy atom. The number of carbonyl (C=O) groups is 1. The van der Waals surface area contributed by atoms with E-state index in [1.165, 1.54) is 6.26 Å². The fourth-order valence-corrected chi connectivity index (χ4v) is 4.19. The SMILES string of the molecule is O=C(Nc1cccc2ccccc12)c1nn2c(c1Cl)N[C@@H](c1ccco1)C[C@H]2C(F)(F)F. The number of aromatic nitrogens is 2. The van der Waals surface area contributed by atoms with Gasteiger partial charge in [-0.2, -0.15) is 18.3 Å². The van der Waals surface area contributed by atoms with Crippen LogP contribution in [0.25, 0.3) is 10.8 Å². The number of nitrogens with one attached hydrogen (secondary N) is 2. The minimum absolute atomic E-state index is 0.0790. The fourth-order valence-electron chi connectivity index (χ4n) is 3.93. The molecule has 1 amide bonds.